The van der Waals surface area contributed by atoms with Crippen LogP contribution in [0.1, 0.15) is 19.7 Å². The number of carbonyl (C=O) groups is 1. The second kappa shape index (κ2) is 4.93. The lowest BCUT2D eigenvalue weighted by Gasteiger charge is -2.21. The fourth-order valence-corrected chi connectivity index (χ4v) is 1.22. The molecular formula is C10H18N4O. The highest BCUT2D eigenvalue weighted by Crippen LogP contribution is 2.00. The van der Waals surface area contributed by atoms with Gasteiger partial charge in [-0.15, -0.1) is 0 Å². The molecule has 0 spiro atoms. The SMILES string of the molecule is CC(C)N(C)C(=O)Cn1ccnc1CN. The highest BCUT2D eigenvalue weighted by Gasteiger charge is 2.13. The molecule has 0 aliphatic rings. The van der Waals surface area contributed by atoms with E-state index in [0.717, 1.165) is 5.82 Å². The average Bonchev–Trinajstić information content (AvgIpc) is 2.63. The third-order valence-electron chi connectivity index (χ3n) is 2.46. The van der Waals surface area contributed by atoms with Gasteiger partial charge in [-0.25, -0.2) is 4.98 Å². The smallest absolute Gasteiger partial charge is 0.242 e. The summed E-state index contributed by atoms with van der Waals surface area (Å²) in [5.41, 5.74) is 5.50. The van der Waals surface area contributed by atoms with Crippen LogP contribution in [0.15, 0.2) is 12.4 Å². The van der Waals surface area contributed by atoms with Gasteiger partial charge < -0.3 is 15.2 Å². The standard InChI is InChI=1S/C10H18N4O/c1-8(2)13(3)10(15)7-14-5-4-12-9(14)6-11/h4-5,8H,6-7,11H2,1-3H3. The Morgan fingerprint density at radius 2 is 2.33 bits per heavy atom. The van der Waals surface area contributed by atoms with Crippen LogP contribution in [0.4, 0.5) is 0 Å². The van der Waals surface area contributed by atoms with Gasteiger partial charge in [-0.2, -0.15) is 0 Å². The van der Waals surface area contributed by atoms with E-state index >= 15 is 0 Å². The van der Waals surface area contributed by atoms with E-state index in [1.807, 2.05) is 13.8 Å². The van der Waals surface area contributed by atoms with Crippen LogP contribution in [0.5, 0.6) is 0 Å². The minimum atomic E-state index is 0.0673. The maximum atomic E-state index is 11.8. The number of nitrogens with zero attached hydrogens (tertiary/aromatic N) is 3. The summed E-state index contributed by atoms with van der Waals surface area (Å²) in [6.45, 7) is 4.62. The Bertz CT molecular complexity index is 332. The summed E-state index contributed by atoms with van der Waals surface area (Å²) in [6, 6.07) is 0.211. The molecule has 0 aromatic carbocycles. The van der Waals surface area contributed by atoms with Crippen molar-refractivity contribution in [2.75, 3.05) is 7.05 Å². The highest BCUT2D eigenvalue weighted by molar-refractivity contribution is 5.76. The fraction of sp³-hybridized carbons (Fsp3) is 0.600. The molecule has 1 heterocycles. The molecule has 1 aromatic rings. The van der Waals surface area contributed by atoms with E-state index in [4.69, 9.17) is 5.73 Å². The Balaban J connectivity index is 2.66. The molecule has 2 N–H and O–H groups in total. The van der Waals surface area contributed by atoms with E-state index in [0.29, 0.717) is 13.1 Å². The molecule has 15 heavy (non-hydrogen) atoms. The van der Waals surface area contributed by atoms with Crippen LogP contribution in [0.2, 0.25) is 0 Å². The normalized spacial score (nSPS) is 10.7. The maximum absolute atomic E-state index is 11.8. The van der Waals surface area contributed by atoms with Gasteiger partial charge in [0, 0.05) is 25.5 Å². The zero-order valence-corrected chi connectivity index (χ0v) is 9.47. The number of amides is 1. The van der Waals surface area contributed by atoms with Crippen molar-refractivity contribution in [3.8, 4) is 0 Å². The first kappa shape index (κ1) is 11.7. The summed E-state index contributed by atoms with van der Waals surface area (Å²) in [4.78, 5) is 17.5. The van der Waals surface area contributed by atoms with Crippen LogP contribution in [-0.4, -0.2) is 33.4 Å². The molecule has 84 valence electrons. The van der Waals surface area contributed by atoms with E-state index < -0.39 is 0 Å². The van der Waals surface area contributed by atoms with Gasteiger partial charge in [-0.05, 0) is 13.8 Å². The van der Waals surface area contributed by atoms with Gasteiger partial charge in [0.05, 0.1) is 6.54 Å². The Labute approximate surface area is 89.9 Å². The maximum Gasteiger partial charge on any atom is 0.242 e. The molecular weight excluding hydrogens is 192 g/mol. The molecule has 5 heteroatoms. The number of carbonyl (C=O) groups excluding carboxylic acids is 1. The third-order valence-corrected chi connectivity index (χ3v) is 2.46. The van der Waals surface area contributed by atoms with Crippen molar-refractivity contribution in [2.45, 2.75) is 33.0 Å². The monoisotopic (exact) mass is 210 g/mol. The number of imidazole rings is 1. The second-order valence-corrected chi connectivity index (χ2v) is 3.77. The molecule has 1 amide bonds. The lowest BCUT2D eigenvalue weighted by Crippen LogP contribution is -2.35. The van der Waals surface area contributed by atoms with Crippen molar-refractivity contribution in [1.29, 1.82) is 0 Å². The molecule has 0 saturated carbocycles. The fourth-order valence-electron chi connectivity index (χ4n) is 1.22. The summed E-state index contributed by atoms with van der Waals surface area (Å²) in [5.74, 6) is 0.804. The van der Waals surface area contributed by atoms with Gasteiger partial charge >= 0.3 is 0 Å². The number of aromatic nitrogens is 2. The molecule has 0 aliphatic carbocycles. The van der Waals surface area contributed by atoms with Crippen LogP contribution in [0.25, 0.3) is 0 Å². The average molecular weight is 210 g/mol. The van der Waals surface area contributed by atoms with Gasteiger partial charge in [0.25, 0.3) is 0 Å². The summed E-state index contributed by atoms with van der Waals surface area (Å²) >= 11 is 0. The lowest BCUT2D eigenvalue weighted by molar-refractivity contribution is -0.132. The number of nitrogens with two attached hydrogens (primary N) is 1. The van der Waals surface area contributed by atoms with E-state index in [1.165, 1.54) is 0 Å². The predicted octanol–water partition coefficient (Wildman–Crippen LogP) is 0.209. The van der Waals surface area contributed by atoms with E-state index in [2.05, 4.69) is 4.98 Å². The molecule has 0 radical (unpaired) electrons. The largest absolute Gasteiger partial charge is 0.342 e. The van der Waals surface area contributed by atoms with Gasteiger partial charge in [0.2, 0.25) is 5.91 Å². The van der Waals surface area contributed by atoms with Crippen molar-refractivity contribution in [3.63, 3.8) is 0 Å². The first-order valence-corrected chi connectivity index (χ1v) is 5.02. The molecule has 0 unspecified atom stereocenters. The van der Waals surface area contributed by atoms with Gasteiger partial charge in [0.1, 0.15) is 12.4 Å². The van der Waals surface area contributed by atoms with Crippen LogP contribution < -0.4 is 5.73 Å². The molecule has 0 atom stereocenters. The summed E-state index contributed by atoms with van der Waals surface area (Å²) in [6.07, 6.45) is 3.43. The Morgan fingerprint density at radius 3 is 2.87 bits per heavy atom. The lowest BCUT2D eigenvalue weighted by atomic mass is 10.3. The Morgan fingerprint density at radius 1 is 1.67 bits per heavy atom. The molecule has 5 nitrogen and oxygen atoms in total. The minimum Gasteiger partial charge on any atom is -0.342 e. The van der Waals surface area contributed by atoms with Crippen LogP contribution >= 0.6 is 0 Å². The van der Waals surface area contributed by atoms with Crippen LogP contribution in [0.3, 0.4) is 0 Å². The molecule has 1 aromatic heterocycles. The molecule has 0 saturated heterocycles. The van der Waals surface area contributed by atoms with Crippen molar-refractivity contribution in [1.82, 2.24) is 14.5 Å². The van der Waals surface area contributed by atoms with Gasteiger partial charge in [0.15, 0.2) is 0 Å². The van der Waals surface area contributed by atoms with Crippen LogP contribution in [-0.2, 0) is 17.9 Å². The van der Waals surface area contributed by atoms with Gasteiger partial charge in [-0.3, -0.25) is 4.79 Å². The number of likely N-dealkylation sites (N-methyl/N-ethyl adjacent to an activating group) is 1. The first-order valence-electron chi connectivity index (χ1n) is 5.02. The first-order chi connectivity index (χ1) is 7.06. The zero-order valence-electron chi connectivity index (χ0n) is 9.47. The van der Waals surface area contributed by atoms with Crippen molar-refractivity contribution in [2.24, 2.45) is 5.73 Å². The Kier molecular flexibility index (Phi) is 3.85. The number of rotatable bonds is 4. The van der Waals surface area contributed by atoms with Gasteiger partial charge in [-0.1, -0.05) is 0 Å². The second-order valence-electron chi connectivity index (χ2n) is 3.77. The summed E-state index contributed by atoms with van der Waals surface area (Å²) in [7, 11) is 1.80. The summed E-state index contributed by atoms with van der Waals surface area (Å²) < 4.78 is 1.78. The van der Waals surface area contributed by atoms with Crippen LogP contribution in [0, 0.1) is 0 Å². The van der Waals surface area contributed by atoms with Crippen molar-refractivity contribution in [3.05, 3.63) is 18.2 Å². The molecule has 1 rings (SSSR count). The predicted molar refractivity (Wildman–Crippen MR) is 58.0 cm³/mol. The highest BCUT2D eigenvalue weighted by atomic mass is 16.2. The third kappa shape index (κ3) is 2.79. The zero-order chi connectivity index (χ0) is 11.4. The van der Waals surface area contributed by atoms with E-state index in [9.17, 15) is 4.79 Å². The van der Waals surface area contributed by atoms with Crippen molar-refractivity contribution >= 4 is 5.91 Å². The van der Waals surface area contributed by atoms with Crippen molar-refractivity contribution < 1.29 is 4.79 Å². The topological polar surface area (TPSA) is 64.2 Å². The number of hydrogen-bond donors (Lipinski definition) is 1. The Hall–Kier alpha value is -1.36. The minimum absolute atomic E-state index is 0.0673. The molecule has 0 aliphatic heterocycles. The molecule has 0 bridgehead atoms. The van der Waals surface area contributed by atoms with E-state index in [1.54, 1.807) is 28.9 Å². The quantitative estimate of drug-likeness (QED) is 0.772. The number of hydrogen-bond acceptors (Lipinski definition) is 3. The van der Waals surface area contributed by atoms with E-state index in [-0.39, 0.29) is 11.9 Å². The summed E-state index contributed by atoms with van der Waals surface area (Å²) in [5, 5.41) is 0. The molecule has 0 fully saturated rings.